The van der Waals surface area contributed by atoms with Crippen molar-refractivity contribution >= 4 is 5.84 Å². The van der Waals surface area contributed by atoms with Crippen LogP contribution in [0.15, 0.2) is 0 Å². The number of halogens is 3. The first-order valence-electron chi connectivity index (χ1n) is 5.14. The molecule has 0 unspecified atom stereocenters. The molecule has 0 saturated heterocycles. The Morgan fingerprint density at radius 2 is 1.81 bits per heavy atom. The number of rotatable bonds is 7. The Bertz CT molecular complexity index is 227. The Morgan fingerprint density at radius 1 is 1.25 bits per heavy atom. The standard InChI is InChI=1S/C10H19F3N2O/c1-9(2,8(14)15)5-3-4-6-16-7-10(11,12)13/h3-7H2,1-2H3,(H3,14,15). The number of unbranched alkanes of at least 4 members (excludes halogenated alkanes) is 1. The van der Waals surface area contributed by atoms with Crippen LogP contribution in [0, 0.1) is 10.8 Å². The van der Waals surface area contributed by atoms with Crippen molar-refractivity contribution in [2.24, 2.45) is 11.1 Å². The smallest absolute Gasteiger partial charge is 0.387 e. The predicted molar refractivity (Wildman–Crippen MR) is 56.4 cm³/mol. The summed E-state index contributed by atoms with van der Waals surface area (Å²) < 4.78 is 39.5. The van der Waals surface area contributed by atoms with Crippen LogP contribution in [0.3, 0.4) is 0 Å². The molecule has 0 aromatic rings. The van der Waals surface area contributed by atoms with Crippen LogP contribution >= 0.6 is 0 Å². The third kappa shape index (κ3) is 7.50. The van der Waals surface area contributed by atoms with E-state index in [4.69, 9.17) is 11.1 Å². The number of hydrogen-bond acceptors (Lipinski definition) is 2. The lowest BCUT2D eigenvalue weighted by atomic mass is 9.86. The van der Waals surface area contributed by atoms with E-state index in [1.807, 2.05) is 13.8 Å². The molecule has 0 radical (unpaired) electrons. The van der Waals surface area contributed by atoms with Gasteiger partial charge in [0, 0.05) is 12.0 Å². The molecule has 0 bridgehead atoms. The lowest BCUT2D eigenvalue weighted by Crippen LogP contribution is -2.30. The second-order valence-corrected chi connectivity index (χ2v) is 4.42. The molecule has 0 heterocycles. The van der Waals surface area contributed by atoms with Gasteiger partial charge in [-0.05, 0) is 12.8 Å². The van der Waals surface area contributed by atoms with Gasteiger partial charge in [-0.15, -0.1) is 0 Å². The van der Waals surface area contributed by atoms with E-state index in [0.717, 1.165) is 0 Å². The minimum Gasteiger partial charge on any atom is -0.387 e. The van der Waals surface area contributed by atoms with Gasteiger partial charge in [0.05, 0.1) is 5.84 Å². The normalized spacial score (nSPS) is 12.8. The summed E-state index contributed by atoms with van der Waals surface area (Å²) in [6, 6.07) is 0. The van der Waals surface area contributed by atoms with Gasteiger partial charge in [-0.25, -0.2) is 0 Å². The molecular formula is C10H19F3N2O. The van der Waals surface area contributed by atoms with Gasteiger partial charge in [0.2, 0.25) is 0 Å². The highest BCUT2D eigenvalue weighted by molar-refractivity contribution is 5.82. The molecule has 0 aliphatic rings. The lowest BCUT2D eigenvalue weighted by molar-refractivity contribution is -0.174. The molecule has 0 spiro atoms. The Morgan fingerprint density at radius 3 is 2.25 bits per heavy atom. The quantitative estimate of drug-likeness (QED) is 0.408. The van der Waals surface area contributed by atoms with Crippen LogP contribution < -0.4 is 5.73 Å². The SMILES string of the molecule is CC(C)(CCCCOCC(F)(F)F)C(=N)N. The topological polar surface area (TPSA) is 59.1 Å². The number of amidine groups is 1. The van der Waals surface area contributed by atoms with Gasteiger partial charge in [0.1, 0.15) is 6.61 Å². The predicted octanol–water partition coefficient (Wildman–Crippen LogP) is 2.70. The van der Waals surface area contributed by atoms with Crippen molar-refractivity contribution in [1.82, 2.24) is 0 Å². The molecule has 0 aliphatic carbocycles. The molecule has 0 aromatic carbocycles. The van der Waals surface area contributed by atoms with Gasteiger partial charge in [0.25, 0.3) is 0 Å². The molecule has 0 saturated carbocycles. The van der Waals surface area contributed by atoms with Crippen LogP contribution in [-0.2, 0) is 4.74 Å². The van der Waals surface area contributed by atoms with E-state index < -0.39 is 12.8 Å². The second kappa shape index (κ2) is 6.08. The van der Waals surface area contributed by atoms with E-state index in [-0.39, 0.29) is 17.9 Å². The molecular weight excluding hydrogens is 221 g/mol. The van der Waals surface area contributed by atoms with Crippen molar-refractivity contribution in [3.05, 3.63) is 0 Å². The average Bonchev–Trinajstić information content (AvgIpc) is 2.09. The Hall–Kier alpha value is -0.780. The van der Waals surface area contributed by atoms with Crippen molar-refractivity contribution in [2.75, 3.05) is 13.2 Å². The highest BCUT2D eigenvalue weighted by atomic mass is 19.4. The summed E-state index contributed by atoms with van der Waals surface area (Å²) in [6.45, 7) is 2.58. The summed E-state index contributed by atoms with van der Waals surface area (Å²) in [4.78, 5) is 0. The van der Waals surface area contributed by atoms with Gasteiger partial charge >= 0.3 is 6.18 Å². The molecule has 16 heavy (non-hydrogen) atoms. The van der Waals surface area contributed by atoms with Gasteiger partial charge in [-0.2, -0.15) is 13.2 Å². The van der Waals surface area contributed by atoms with Crippen LogP contribution in [0.4, 0.5) is 13.2 Å². The lowest BCUT2D eigenvalue weighted by Gasteiger charge is -2.22. The molecule has 0 atom stereocenters. The first-order valence-corrected chi connectivity index (χ1v) is 5.14. The third-order valence-corrected chi connectivity index (χ3v) is 2.34. The van der Waals surface area contributed by atoms with E-state index >= 15 is 0 Å². The van der Waals surface area contributed by atoms with Crippen molar-refractivity contribution in [3.8, 4) is 0 Å². The molecule has 6 heteroatoms. The summed E-state index contributed by atoms with van der Waals surface area (Å²) in [7, 11) is 0. The largest absolute Gasteiger partial charge is 0.411 e. The van der Waals surface area contributed by atoms with E-state index in [9.17, 15) is 13.2 Å². The van der Waals surface area contributed by atoms with E-state index in [1.165, 1.54) is 0 Å². The number of alkyl halides is 3. The molecule has 3 nitrogen and oxygen atoms in total. The van der Waals surface area contributed by atoms with E-state index in [0.29, 0.717) is 19.3 Å². The van der Waals surface area contributed by atoms with Gasteiger partial charge in [0.15, 0.2) is 0 Å². The zero-order valence-corrected chi connectivity index (χ0v) is 9.66. The fraction of sp³-hybridized carbons (Fsp3) is 0.900. The molecule has 0 fully saturated rings. The number of ether oxygens (including phenoxy) is 1. The van der Waals surface area contributed by atoms with Crippen molar-refractivity contribution in [1.29, 1.82) is 5.41 Å². The highest BCUT2D eigenvalue weighted by Crippen LogP contribution is 2.22. The van der Waals surface area contributed by atoms with Crippen LogP contribution in [0.1, 0.15) is 33.1 Å². The summed E-state index contributed by atoms with van der Waals surface area (Å²) >= 11 is 0. The van der Waals surface area contributed by atoms with Gasteiger partial charge < -0.3 is 10.5 Å². The fourth-order valence-electron chi connectivity index (χ4n) is 1.09. The maximum Gasteiger partial charge on any atom is 0.411 e. The zero-order chi connectivity index (χ0) is 12.8. The molecule has 0 rings (SSSR count). The Kier molecular flexibility index (Phi) is 5.78. The van der Waals surface area contributed by atoms with Gasteiger partial charge in [-0.1, -0.05) is 20.3 Å². The van der Waals surface area contributed by atoms with Crippen LogP contribution in [-0.4, -0.2) is 25.2 Å². The number of nitrogens with two attached hydrogens (primary N) is 1. The van der Waals surface area contributed by atoms with E-state index in [1.54, 1.807) is 0 Å². The van der Waals surface area contributed by atoms with Crippen molar-refractivity contribution in [3.63, 3.8) is 0 Å². The van der Waals surface area contributed by atoms with Crippen LogP contribution in [0.2, 0.25) is 0 Å². The zero-order valence-electron chi connectivity index (χ0n) is 9.66. The third-order valence-electron chi connectivity index (χ3n) is 2.34. The Balaban J connectivity index is 3.52. The molecule has 96 valence electrons. The maximum atomic E-state index is 11.7. The van der Waals surface area contributed by atoms with Gasteiger partial charge in [-0.3, -0.25) is 5.41 Å². The summed E-state index contributed by atoms with van der Waals surface area (Å²) in [5, 5.41) is 7.29. The first kappa shape index (κ1) is 15.2. The first-order chi connectivity index (χ1) is 7.15. The van der Waals surface area contributed by atoms with E-state index in [2.05, 4.69) is 4.74 Å². The minimum absolute atomic E-state index is 0.0908. The molecule has 0 aromatic heterocycles. The fourth-order valence-corrected chi connectivity index (χ4v) is 1.09. The molecule has 0 amide bonds. The van der Waals surface area contributed by atoms with Crippen molar-refractivity contribution < 1.29 is 17.9 Å². The monoisotopic (exact) mass is 240 g/mol. The summed E-state index contributed by atoms with van der Waals surface area (Å²) in [5.74, 6) is 0.101. The van der Waals surface area contributed by atoms with Crippen LogP contribution in [0.25, 0.3) is 0 Å². The molecule has 0 aliphatic heterocycles. The van der Waals surface area contributed by atoms with Crippen LogP contribution in [0.5, 0.6) is 0 Å². The van der Waals surface area contributed by atoms with Crippen molar-refractivity contribution in [2.45, 2.75) is 39.3 Å². The summed E-state index contributed by atoms with van der Waals surface area (Å²) in [5.41, 5.74) is 4.99. The molecule has 3 N–H and O–H groups in total. The second-order valence-electron chi connectivity index (χ2n) is 4.42. The number of hydrogen-bond donors (Lipinski definition) is 2. The highest BCUT2D eigenvalue weighted by Gasteiger charge is 2.27. The number of nitrogens with one attached hydrogen (secondary N) is 1. The minimum atomic E-state index is -4.25. The summed E-state index contributed by atoms with van der Waals surface area (Å²) in [6.07, 6.45) is -2.33. The average molecular weight is 240 g/mol. The Labute approximate surface area is 93.7 Å². The maximum absolute atomic E-state index is 11.7.